The Bertz CT molecular complexity index is 1790. The smallest absolute Gasteiger partial charge is 0.291 e. The van der Waals surface area contributed by atoms with Gasteiger partial charge in [-0.05, 0) is 86.4 Å². The topological polar surface area (TPSA) is 120 Å². The predicted octanol–water partition coefficient (Wildman–Crippen LogP) is 9.07. The summed E-state index contributed by atoms with van der Waals surface area (Å²) in [6.45, 7) is 24.6. The van der Waals surface area contributed by atoms with Crippen molar-refractivity contribution in [2.24, 2.45) is 4.36 Å². The minimum atomic E-state index is -2.90. The minimum Gasteiger partial charge on any atom is -0.459 e. The highest BCUT2D eigenvalue weighted by molar-refractivity contribution is 7.93. The fraction of sp³-hybridized carbons (Fsp3) is 0.500. The Balaban J connectivity index is 1.77. The summed E-state index contributed by atoms with van der Waals surface area (Å²) in [5.74, 6) is 5.94. The summed E-state index contributed by atoms with van der Waals surface area (Å²) in [6.07, 6.45) is 5.53. The molecule has 0 aliphatic heterocycles. The van der Waals surface area contributed by atoms with E-state index in [4.69, 9.17) is 13.3 Å². The van der Waals surface area contributed by atoms with E-state index in [0.717, 1.165) is 5.56 Å². The second-order valence-corrected chi connectivity index (χ2v) is 27.8. The van der Waals surface area contributed by atoms with Crippen molar-refractivity contribution in [2.45, 2.75) is 97.6 Å². The Morgan fingerprint density at radius 2 is 1.46 bits per heavy atom. The molecule has 2 amide bonds. The first-order valence-corrected chi connectivity index (χ1v) is 24.8. The van der Waals surface area contributed by atoms with Gasteiger partial charge in [0.15, 0.2) is 22.4 Å². The van der Waals surface area contributed by atoms with E-state index < -0.39 is 32.3 Å². The Morgan fingerprint density at radius 3 is 2.00 bits per heavy atom. The fourth-order valence-corrected chi connectivity index (χ4v) is 8.40. The quantitative estimate of drug-likeness (QED) is 0.106. The number of aromatic nitrogens is 1. The van der Waals surface area contributed by atoms with Crippen LogP contribution in [0.15, 0.2) is 63.8 Å². The molecule has 3 rings (SSSR count). The van der Waals surface area contributed by atoms with E-state index in [0.29, 0.717) is 42.9 Å². The maximum atomic E-state index is 14.2. The fourth-order valence-electron chi connectivity index (χ4n) is 4.29. The maximum Gasteiger partial charge on any atom is 0.291 e. The zero-order valence-corrected chi connectivity index (χ0v) is 34.5. The van der Waals surface area contributed by atoms with Gasteiger partial charge in [-0.2, -0.15) is 4.36 Å². The number of amides is 2. The van der Waals surface area contributed by atoms with E-state index in [1.54, 1.807) is 43.5 Å². The number of rotatable bonds is 13. The number of nitrogens with zero attached hydrogens (tertiary/aromatic N) is 2. The first kappa shape index (κ1) is 41.1. The molecule has 0 atom stereocenters. The van der Waals surface area contributed by atoms with Crippen LogP contribution in [0.5, 0.6) is 0 Å². The van der Waals surface area contributed by atoms with Crippen LogP contribution in [-0.2, 0) is 18.6 Å². The number of benzene rings is 1. The molecule has 2 aromatic heterocycles. The van der Waals surface area contributed by atoms with Gasteiger partial charge >= 0.3 is 0 Å². The summed E-state index contributed by atoms with van der Waals surface area (Å²) in [5, 5.41) is 2.95. The van der Waals surface area contributed by atoms with Gasteiger partial charge in [0.25, 0.3) is 11.8 Å². The molecular weight excluding hydrogens is 683 g/mol. The third kappa shape index (κ3) is 11.9. The van der Waals surface area contributed by atoms with Crippen molar-refractivity contribution in [1.82, 2.24) is 4.98 Å². The number of furan rings is 1. The molecule has 0 radical (unpaired) electrons. The Labute approximate surface area is 301 Å². The highest BCUT2D eigenvalue weighted by atomic mass is 32.2. The average Bonchev–Trinajstić information content (AvgIpc) is 3.46. The SMILES string of the molecule is Cc1ccoc1C(=O)Nc1cccc(C#Cc2cncc(C(=O)N=S(=O)(CCCO[Si](C)(C)C(C)(C)C)CCCO[Si](C)(C)C(C)(C)C)c2)c1. The van der Waals surface area contributed by atoms with Crippen molar-refractivity contribution >= 4 is 43.9 Å². The lowest BCUT2D eigenvalue weighted by molar-refractivity contribution is 0.0991. The van der Waals surface area contributed by atoms with Gasteiger partial charge in [0.2, 0.25) is 0 Å². The van der Waals surface area contributed by atoms with Crippen LogP contribution in [0, 0.1) is 18.8 Å². The van der Waals surface area contributed by atoms with E-state index in [-0.39, 0.29) is 38.8 Å². The van der Waals surface area contributed by atoms with Crippen molar-refractivity contribution in [3.63, 3.8) is 0 Å². The number of carbonyl (C=O) groups is 2. The van der Waals surface area contributed by atoms with Crippen molar-refractivity contribution < 1.29 is 27.1 Å². The van der Waals surface area contributed by atoms with E-state index in [9.17, 15) is 13.8 Å². The van der Waals surface area contributed by atoms with E-state index in [1.807, 2.05) is 6.07 Å². The van der Waals surface area contributed by atoms with Gasteiger partial charge in [-0.3, -0.25) is 14.6 Å². The van der Waals surface area contributed by atoms with Gasteiger partial charge in [0.05, 0.1) is 21.6 Å². The number of nitrogens with one attached hydrogen (secondary N) is 1. The monoisotopic (exact) mass is 737 g/mol. The molecule has 0 unspecified atom stereocenters. The second kappa shape index (κ2) is 16.8. The molecule has 1 aromatic carbocycles. The molecule has 12 heteroatoms. The lowest BCUT2D eigenvalue weighted by Gasteiger charge is -2.36. The van der Waals surface area contributed by atoms with Gasteiger partial charge in [-0.15, -0.1) is 0 Å². The molecule has 2 heterocycles. The maximum absolute atomic E-state index is 14.2. The molecule has 1 N–H and O–H groups in total. The van der Waals surface area contributed by atoms with Gasteiger partial charge in [0, 0.05) is 59.5 Å². The van der Waals surface area contributed by atoms with Crippen molar-refractivity contribution in [2.75, 3.05) is 30.0 Å². The molecule has 0 saturated heterocycles. The number of carbonyl (C=O) groups excluding carboxylic acids is 2. The molecule has 50 heavy (non-hydrogen) atoms. The summed E-state index contributed by atoms with van der Waals surface area (Å²) < 4.78 is 36.5. The third-order valence-corrected chi connectivity index (χ3v) is 21.0. The molecule has 0 fully saturated rings. The number of hydrogen-bond acceptors (Lipinski definition) is 7. The van der Waals surface area contributed by atoms with Crippen LogP contribution < -0.4 is 5.32 Å². The number of aryl methyl sites for hydroxylation is 1. The molecule has 0 spiro atoms. The van der Waals surface area contributed by atoms with Crippen molar-refractivity contribution in [1.29, 1.82) is 0 Å². The first-order chi connectivity index (χ1) is 23.1. The van der Waals surface area contributed by atoms with Crippen LogP contribution >= 0.6 is 0 Å². The summed E-state index contributed by atoms with van der Waals surface area (Å²) >= 11 is 0. The highest BCUT2D eigenvalue weighted by Crippen LogP contribution is 2.37. The van der Waals surface area contributed by atoms with E-state index in [2.05, 4.69) is 94.2 Å². The van der Waals surface area contributed by atoms with Crippen LogP contribution in [0.3, 0.4) is 0 Å². The molecule has 9 nitrogen and oxygen atoms in total. The molecule has 0 bridgehead atoms. The van der Waals surface area contributed by atoms with E-state index in [1.165, 1.54) is 12.5 Å². The Kier molecular flexibility index (Phi) is 13.8. The highest BCUT2D eigenvalue weighted by Gasteiger charge is 2.38. The van der Waals surface area contributed by atoms with Gasteiger partial charge in [0.1, 0.15) is 0 Å². The van der Waals surface area contributed by atoms with Gasteiger partial charge in [-0.1, -0.05) is 59.4 Å². The lowest BCUT2D eigenvalue weighted by Crippen LogP contribution is -2.41. The van der Waals surface area contributed by atoms with Crippen LogP contribution in [-0.4, -0.2) is 62.4 Å². The van der Waals surface area contributed by atoms with Crippen molar-refractivity contribution in [3.8, 4) is 11.8 Å². The predicted molar refractivity (Wildman–Crippen MR) is 208 cm³/mol. The summed E-state index contributed by atoms with van der Waals surface area (Å²) in [4.78, 5) is 30.3. The largest absolute Gasteiger partial charge is 0.459 e. The van der Waals surface area contributed by atoms with Gasteiger partial charge < -0.3 is 18.6 Å². The molecule has 0 aliphatic carbocycles. The summed E-state index contributed by atoms with van der Waals surface area (Å²) in [6, 6.07) is 10.5. The Morgan fingerprint density at radius 1 is 0.880 bits per heavy atom. The van der Waals surface area contributed by atoms with Crippen LogP contribution in [0.4, 0.5) is 5.69 Å². The average molecular weight is 738 g/mol. The third-order valence-electron chi connectivity index (χ3n) is 9.53. The molecule has 3 aromatic rings. The zero-order valence-electron chi connectivity index (χ0n) is 31.7. The second-order valence-electron chi connectivity index (χ2n) is 15.7. The zero-order chi connectivity index (χ0) is 37.4. The van der Waals surface area contributed by atoms with Crippen molar-refractivity contribution in [3.05, 3.63) is 83.1 Å². The minimum absolute atomic E-state index is 0.0645. The lowest BCUT2D eigenvalue weighted by atomic mass is 10.1. The Hall–Kier alpha value is -3.35. The number of hydrogen-bond donors (Lipinski definition) is 1. The molecule has 272 valence electrons. The van der Waals surface area contributed by atoms with E-state index >= 15 is 0 Å². The standard InChI is InChI=1S/C38H55N3O6SSi2/c1-29-19-22-45-34(29)36(43)40-33-16-12-15-30(26-33)17-18-31-25-32(28-39-27-31)35(42)41-48(44,23-13-20-46-49(8,9)37(2,3)4)24-14-21-47-50(10,11)38(5,6)7/h12,15-16,19,22,25-28H,13-14,20-21,23-24H2,1-11H3,(H,40,43). The first-order valence-electron chi connectivity index (χ1n) is 17.1. The van der Waals surface area contributed by atoms with Gasteiger partial charge in [-0.25, -0.2) is 4.21 Å². The summed E-state index contributed by atoms with van der Waals surface area (Å²) in [5.41, 5.74) is 2.69. The van der Waals surface area contributed by atoms with Crippen LogP contribution in [0.1, 0.15) is 92.0 Å². The molecular formula is C38H55N3O6SSi2. The summed E-state index contributed by atoms with van der Waals surface area (Å²) in [7, 11) is -6.84. The molecule has 0 saturated carbocycles. The normalized spacial score (nSPS) is 12.6. The van der Waals surface area contributed by atoms with Crippen LogP contribution in [0.2, 0.25) is 36.3 Å². The van der Waals surface area contributed by atoms with Crippen LogP contribution in [0.25, 0.3) is 0 Å². The number of pyridine rings is 1. The molecule has 0 aliphatic rings. The number of anilines is 1.